The quantitative estimate of drug-likeness (QED) is 0.571. The van der Waals surface area contributed by atoms with E-state index in [-0.39, 0.29) is 11.1 Å². The summed E-state index contributed by atoms with van der Waals surface area (Å²) in [5.74, 6) is 0.661. The van der Waals surface area contributed by atoms with E-state index in [1.54, 1.807) is 24.1 Å². The Morgan fingerprint density at radius 1 is 1.15 bits per heavy atom. The maximum atomic E-state index is 12.7. The van der Waals surface area contributed by atoms with E-state index in [0.29, 0.717) is 29.4 Å². The zero-order valence-corrected chi connectivity index (χ0v) is 19.0. The normalized spacial score (nSPS) is 20.1. The van der Waals surface area contributed by atoms with Crippen molar-refractivity contribution in [2.75, 3.05) is 25.1 Å². The van der Waals surface area contributed by atoms with Crippen molar-refractivity contribution < 1.29 is 9.47 Å². The fourth-order valence-corrected chi connectivity index (χ4v) is 4.50. The monoisotopic (exact) mass is 457 g/mol. The maximum Gasteiger partial charge on any atom is 0.209 e. The number of benzene rings is 2. The Morgan fingerprint density at radius 3 is 2.62 bits per heavy atom. The molecule has 8 nitrogen and oxygen atoms in total. The Kier molecular flexibility index (Phi) is 6.14. The average Bonchev–Trinajstić information content (AvgIpc) is 3.21. The van der Waals surface area contributed by atoms with E-state index in [1.807, 2.05) is 42.5 Å². The molecule has 0 saturated carbocycles. The van der Waals surface area contributed by atoms with Crippen molar-refractivity contribution in [3.05, 3.63) is 89.0 Å². The van der Waals surface area contributed by atoms with Crippen molar-refractivity contribution in [2.24, 2.45) is 10.7 Å². The van der Waals surface area contributed by atoms with Crippen molar-refractivity contribution in [1.29, 1.82) is 0 Å². The van der Waals surface area contributed by atoms with E-state index in [2.05, 4.69) is 21.1 Å². The summed E-state index contributed by atoms with van der Waals surface area (Å²) in [5, 5.41) is 4.60. The van der Waals surface area contributed by atoms with Crippen LogP contribution in [-0.2, 0) is 4.74 Å². The Morgan fingerprint density at radius 2 is 1.91 bits per heavy atom. The minimum atomic E-state index is -0.247. The first-order chi connectivity index (χ1) is 16.6. The second kappa shape index (κ2) is 9.52. The molecule has 8 heteroatoms. The van der Waals surface area contributed by atoms with E-state index in [0.717, 1.165) is 37.3 Å². The molecule has 2 aliphatic rings. The number of hydrogen-bond acceptors (Lipinski definition) is 7. The van der Waals surface area contributed by atoms with Gasteiger partial charge >= 0.3 is 0 Å². The first-order valence-electron chi connectivity index (χ1n) is 11.4. The average molecular weight is 458 g/mol. The molecule has 174 valence electrons. The van der Waals surface area contributed by atoms with Crippen molar-refractivity contribution in [3.8, 4) is 11.4 Å². The summed E-state index contributed by atoms with van der Waals surface area (Å²) in [6.07, 6.45) is 7.38. The van der Waals surface area contributed by atoms with Crippen LogP contribution < -0.4 is 20.8 Å². The van der Waals surface area contributed by atoms with Gasteiger partial charge in [-0.1, -0.05) is 18.2 Å². The lowest BCUT2D eigenvalue weighted by molar-refractivity contribution is 0.0305. The fraction of sp³-hybridized carbons (Fsp3) is 0.269. The number of hydrogen-bond donors (Lipinski definition) is 1. The molecule has 2 fully saturated rings. The number of allylic oxidation sites excluding steroid dienone is 1. The van der Waals surface area contributed by atoms with Crippen LogP contribution in [0, 0.1) is 0 Å². The van der Waals surface area contributed by atoms with Gasteiger partial charge in [0.25, 0.3) is 0 Å². The van der Waals surface area contributed by atoms with Gasteiger partial charge in [-0.15, -0.1) is 0 Å². The molecule has 2 atom stereocenters. The van der Waals surface area contributed by atoms with Gasteiger partial charge in [-0.3, -0.25) is 4.79 Å². The molecule has 3 heterocycles. The van der Waals surface area contributed by atoms with Crippen LogP contribution in [0.5, 0.6) is 5.75 Å². The molecule has 0 amide bonds. The second-order valence-electron chi connectivity index (χ2n) is 8.38. The summed E-state index contributed by atoms with van der Waals surface area (Å²) < 4.78 is 13.3. The topological polar surface area (TPSA) is 95.0 Å². The van der Waals surface area contributed by atoms with E-state index in [4.69, 9.17) is 15.2 Å². The van der Waals surface area contributed by atoms with Crippen LogP contribution in [0.3, 0.4) is 0 Å². The smallest absolute Gasteiger partial charge is 0.209 e. The van der Waals surface area contributed by atoms with Gasteiger partial charge in [0.05, 0.1) is 30.7 Å². The van der Waals surface area contributed by atoms with E-state index in [1.165, 1.54) is 12.3 Å². The zero-order valence-electron chi connectivity index (χ0n) is 19.0. The van der Waals surface area contributed by atoms with E-state index in [9.17, 15) is 4.79 Å². The highest BCUT2D eigenvalue weighted by atomic mass is 16.5. The molecule has 2 bridgehead atoms. The van der Waals surface area contributed by atoms with Gasteiger partial charge in [-0.05, 0) is 49.4 Å². The number of rotatable bonds is 6. The minimum absolute atomic E-state index is 0.198. The van der Waals surface area contributed by atoms with Gasteiger partial charge in [-0.2, -0.15) is 5.10 Å². The third kappa shape index (κ3) is 4.45. The molecule has 34 heavy (non-hydrogen) atoms. The van der Waals surface area contributed by atoms with Crippen LogP contribution in [0.4, 0.5) is 11.4 Å². The van der Waals surface area contributed by atoms with Gasteiger partial charge in [0.1, 0.15) is 11.4 Å². The van der Waals surface area contributed by atoms with Gasteiger partial charge < -0.3 is 20.1 Å². The summed E-state index contributed by atoms with van der Waals surface area (Å²) in [6.45, 7) is 1.76. The van der Waals surface area contributed by atoms with Crippen molar-refractivity contribution >= 4 is 17.1 Å². The molecule has 2 unspecified atom stereocenters. The standard InChI is InChI=1S/C26H27N5O3/c1-33-25-15-19(30-16-20-8-9-21(17-30)34-20)7-10-23(25)31-14-12-24(32)26(29-31)22(11-13-27)28-18-5-3-2-4-6-18/h2-7,10-15,20-21H,8-9,16-17,27H2,1H3. The molecular formula is C26H27N5O3. The highest BCUT2D eigenvalue weighted by Gasteiger charge is 2.34. The van der Waals surface area contributed by atoms with Gasteiger partial charge in [-0.25, -0.2) is 9.67 Å². The zero-order chi connectivity index (χ0) is 23.5. The summed E-state index contributed by atoms with van der Waals surface area (Å²) >= 11 is 0. The lowest BCUT2D eigenvalue weighted by atomic mass is 10.2. The molecule has 2 N–H and O–H groups in total. The maximum absolute atomic E-state index is 12.7. The molecule has 1 aromatic heterocycles. The molecule has 5 rings (SSSR count). The summed E-state index contributed by atoms with van der Waals surface area (Å²) in [5.41, 5.74) is 8.49. The largest absolute Gasteiger partial charge is 0.494 e. The number of para-hydroxylation sites is 1. The second-order valence-corrected chi connectivity index (χ2v) is 8.38. The van der Waals surface area contributed by atoms with Gasteiger partial charge in [0, 0.05) is 37.1 Å². The number of aromatic nitrogens is 2. The summed E-state index contributed by atoms with van der Waals surface area (Å²) in [7, 11) is 1.63. The van der Waals surface area contributed by atoms with Crippen molar-refractivity contribution in [3.63, 3.8) is 0 Å². The molecule has 2 aliphatic heterocycles. The molecule has 3 aromatic rings. The number of fused-ring (bicyclic) bond motifs is 2. The lowest BCUT2D eigenvalue weighted by Crippen LogP contribution is -2.42. The number of morpholine rings is 1. The number of methoxy groups -OCH3 is 1. The van der Waals surface area contributed by atoms with Gasteiger partial charge in [0.15, 0.2) is 5.69 Å². The number of anilines is 1. The molecule has 2 aromatic carbocycles. The lowest BCUT2D eigenvalue weighted by Gasteiger charge is -2.34. The predicted molar refractivity (Wildman–Crippen MR) is 132 cm³/mol. The van der Waals surface area contributed by atoms with Crippen LogP contribution >= 0.6 is 0 Å². The van der Waals surface area contributed by atoms with Crippen LogP contribution in [-0.4, -0.2) is 47.9 Å². The summed E-state index contributed by atoms with van der Waals surface area (Å²) in [6, 6.07) is 16.9. The van der Waals surface area contributed by atoms with E-state index >= 15 is 0 Å². The molecule has 0 spiro atoms. The third-order valence-corrected chi connectivity index (χ3v) is 6.13. The third-order valence-electron chi connectivity index (χ3n) is 6.13. The SMILES string of the molecule is COc1cc(N2CC3CCC(C2)O3)ccc1-n1ccc(=O)c(C(C=CN)=Nc2ccccc2)n1. The van der Waals surface area contributed by atoms with Crippen molar-refractivity contribution in [2.45, 2.75) is 25.0 Å². The Hall–Kier alpha value is -3.91. The summed E-state index contributed by atoms with van der Waals surface area (Å²) in [4.78, 5) is 19.6. The van der Waals surface area contributed by atoms with Crippen LogP contribution in [0.25, 0.3) is 5.69 Å². The molecule has 0 aliphatic carbocycles. The highest BCUT2D eigenvalue weighted by Crippen LogP contribution is 2.33. The van der Waals surface area contributed by atoms with Crippen LogP contribution in [0.15, 0.2) is 82.9 Å². The molecule has 2 saturated heterocycles. The Balaban J connectivity index is 1.51. The van der Waals surface area contributed by atoms with E-state index < -0.39 is 0 Å². The fourth-order valence-electron chi connectivity index (χ4n) is 4.50. The van der Waals surface area contributed by atoms with Gasteiger partial charge in [0.2, 0.25) is 5.43 Å². The van der Waals surface area contributed by atoms with Crippen LogP contribution in [0.2, 0.25) is 0 Å². The van der Waals surface area contributed by atoms with Crippen molar-refractivity contribution in [1.82, 2.24) is 9.78 Å². The Labute approximate surface area is 197 Å². The first-order valence-corrected chi connectivity index (χ1v) is 11.4. The first kappa shape index (κ1) is 21.9. The Bertz CT molecular complexity index is 1270. The number of ether oxygens (including phenoxy) is 2. The minimum Gasteiger partial charge on any atom is -0.494 e. The van der Waals surface area contributed by atoms with Crippen LogP contribution in [0.1, 0.15) is 18.5 Å². The number of aliphatic imine (C=N–C) groups is 1. The highest BCUT2D eigenvalue weighted by molar-refractivity contribution is 6.08. The number of nitrogens with zero attached hydrogens (tertiary/aromatic N) is 4. The number of nitrogens with two attached hydrogens (primary N) is 1. The predicted octanol–water partition coefficient (Wildman–Crippen LogP) is 3.20. The molecule has 0 radical (unpaired) electrons. The molecular weight excluding hydrogens is 430 g/mol.